The highest BCUT2D eigenvalue weighted by Crippen LogP contribution is 2.21. The average molecular weight is 323 g/mol. The van der Waals surface area contributed by atoms with Crippen LogP contribution >= 0.6 is 22.9 Å². The highest BCUT2D eigenvalue weighted by Gasteiger charge is 2.12. The molecule has 1 aromatic heterocycles. The summed E-state index contributed by atoms with van der Waals surface area (Å²) in [7, 11) is 2.18. The molecule has 2 nitrogen and oxygen atoms in total. The molecule has 1 unspecified atom stereocenters. The highest BCUT2D eigenvalue weighted by molar-refractivity contribution is 7.07. The summed E-state index contributed by atoms with van der Waals surface area (Å²) in [5, 5.41) is 8.72. The Labute approximate surface area is 136 Å². The molecule has 0 aliphatic rings. The van der Waals surface area contributed by atoms with Crippen LogP contribution in [0, 0.1) is 0 Å². The van der Waals surface area contributed by atoms with Crippen LogP contribution in [0.2, 0.25) is 5.02 Å². The SMILES string of the molecule is CCNC(CCN(C)Cc1ccsc1)c1cccc(Cl)c1. The molecule has 0 saturated carbocycles. The van der Waals surface area contributed by atoms with Crippen molar-refractivity contribution in [2.24, 2.45) is 0 Å². The van der Waals surface area contributed by atoms with E-state index in [0.29, 0.717) is 6.04 Å². The average Bonchev–Trinajstić information content (AvgIpc) is 2.96. The molecule has 0 aliphatic carbocycles. The summed E-state index contributed by atoms with van der Waals surface area (Å²) in [5.41, 5.74) is 2.67. The number of nitrogens with zero attached hydrogens (tertiary/aromatic N) is 1. The smallest absolute Gasteiger partial charge is 0.0409 e. The normalized spacial score (nSPS) is 12.8. The second-order valence-electron chi connectivity index (χ2n) is 5.32. The van der Waals surface area contributed by atoms with Crippen LogP contribution in [0.4, 0.5) is 0 Å². The van der Waals surface area contributed by atoms with E-state index in [0.717, 1.165) is 31.1 Å². The maximum Gasteiger partial charge on any atom is 0.0409 e. The highest BCUT2D eigenvalue weighted by atomic mass is 35.5. The lowest BCUT2D eigenvalue weighted by Crippen LogP contribution is -2.27. The molecule has 0 fully saturated rings. The zero-order chi connectivity index (χ0) is 15.1. The molecular formula is C17H23ClN2S. The van der Waals surface area contributed by atoms with E-state index in [1.165, 1.54) is 11.1 Å². The van der Waals surface area contributed by atoms with Gasteiger partial charge in [0.15, 0.2) is 0 Å². The molecule has 0 aliphatic heterocycles. The van der Waals surface area contributed by atoms with E-state index in [4.69, 9.17) is 11.6 Å². The minimum atomic E-state index is 0.360. The third kappa shape index (κ3) is 5.44. The molecule has 21 heavy (non-hydrogen) atoms. The van der Waals surface area contributed by atoms with E-state index < -0.39 is 0 Å². The van der Waals surface area contributed by atoms with Crippen LogP contribution in [0.15, 0.2) is 41.1 Å². The lowest BCUT2D eigenvalue weighted by atomic mass is 10.0. The molecule has 1 N–H and O–H groups in total. The van der Waals surface area contributed by atoms with Crippen LogP contribution in [0.1, 0.15) is 30.5 Å². The Bertz CT molecular complexity index is 527. The van der Waals surface area contributed by atoms with Crippen LogP contribution in [0.25, 0.3) is 0 Å². The van der Waals surface area contributed by atoms with Gasteiger partial charge in [0.05, 0.1) is 0 Å². The van der Waals surface area contributed by atoms with Gasteiger partial charge >= 0.3 is 0 Å². The van der Waals surface area contributed by atoms with Crippen molar-refractivity contribution in [2.45, 2.75) is 25.9 Å². The Hall–Kier alpha value is -0.870. The Morgan fingerprint density at radius 1 is 1.33 bits per heavy atom. The largest absolute Gasteiger partial charge is 0.310 e. The number of thiophene rings is 1. The zero-order valence-corrected chi connectivity index (χ0v) is 14.3. The molecule has 0 spiro atoms. The predicted molar refractivity (Wildman–Crippen MR) is 93.1 cm³/mol. The van der Waals surface area contributed by atoms with E-state index in [2.05, 4.69) is 53.1 Å². The fourth-order valence-corrected chi connectivity index (χ4v) is 3.34. The maximum absolute atomic E-state index is 6.11. The second kappa shape index (κ2) is 8.54. The van der Waals surface area contributed by atoms with Gasteiger partial charge in [0.1, 0.15) is 0 Å². The molecule has 2 aromatic rings. The van der Waals surface area contributed by atoms with E-state index in [9.17, 15) is 0 Å². The quantitative estimate of drug-likeness (QED) is 0.765. The van der Waals surface area contributed by atoms with Gasteiger partial charge in [0.25, 0.3) is 0 Å². The first-order valence-corrected chi connectivity index (χ1v) is 8.69. The van der Waals surface area contributed by atoms with Gasteiger partial charge in [0, 0.05) is 17.6 Å². The number of halogens is 1. The Balaban J connectivity index is 1.90. The second-order valence-corrected chi connectivity index (χ2v) is 6.54. The third-order valence-corrected chi connectivity index (χ3v) is 4.50. The summed E-state index contributed by atoms with van der Waals surface area (Å²) in [6, 6.07) is 10.7. The van der Waals surface area contributed by atoms with Crippen molar-refractivity contribution >= 4 is 22.9 Å². The van der Waals surface area contributed by atoms with Crippen molar-refractivity contribution in [1.29, 1.82) is 0 Å². The Kier molecular flexibility index (Phi) is 6.71. The minimum Gasteiger partial charge on any atom is -0.310 e. The first-order chi connectivity index (χ1) is 10.2. The maximum atomic E-state index is 6.11. The molecule has 0 bridgehead atoms. The fraction of sp³-hybridized carbons (Fsp3) is 0.412. The molecule has 114 valence electrons. The van der Waals surface area contributed by atoms with E-state index in [-0.39, 0.29) is 0 Å². The van der Waals surface area contributed by atoms with Crippen LogP contribution in [-0.4, -0.2) is 25.0 Å². The standard InChI is InChI=1S/C17H23ClN2S/c1-3-19-17(15-5-4-6-16(18)11-15)7-9-20(2)12-14-8-10-21-13-14/h4-6,8,10-11,13,17,19H,3,7,9,12H2,1-2H3. The van der Waals surface area contributed by atoms with Crippen molar-refractivity contribution in [3.8, 4) is 0 Å². The molecule has 1 aromatic carbocycles. The molecule has 0 saturated heterocycles. The molecule has 4 heteroatoms. The van der Waals surface area contributed by atoms with Gasteiger partial charge in [-0.05, 0) is 66.6 Å². The molecular weight excluding hydrogens is 300 g/mol. The predicted octanol–water partition coefficient (Wildman–Crippen LogP) is 4.57. The topological polar surface area (TPSA) is 15.3 Å². The fourth-order valence-electron chi connectivity index (χ4n) is 2.48. The van der Waals surface area contributed by atoms with Crippen molar-refractivity contribution in [3.05, 3.63) is 57.2 Å². The summed E-state index contributed by atoms with van der Waals surface area (Å²) in [4.78, 5) is 2.37. The van der Waals surface area contributed by atoms with Crippen molar-refractivity contribution in [1.82, 2.24) is 10.2 Å². The van der Waals surface area contributed by atoms with Gasteiger partial charge in [-0.2, -0.15) is 11.3 Å². The summed E-state index contributed by atoms with van der Waals surface area (Å²) in [6.45, 7) is 5.18. The number of benzene rings is 1. The molecule has 2 rings (SSSR count). The Morgan fingerprint density at radius 3 is 2.86 bits per heavy atom. The number of hydrogen-bond acceptors (Lipinski definition) is 3. The van der Waals surface area contributed by atoms with E-state index >= 15 is 0 Å². The number of nitrogens with one attached hydrogen (secondary N) is 1. The van der Waals surface area contributed by atoms with Gasteiger partial charge in [-0.25, -0.2) is 0 Å². The monoisotopic (exact) mass is 322 g/mol. The molecule has 0 amide bonds. The van der Waals surface area contributed by atoms with Gasteiger partial charge in [-0.3, -0.25) is 0 Å². The minimum absolute atomic E-state index is 0.360. The van der Waals surface area contributed by atoms with Gasteiger partial charge in [-0.1, -0.05) is 30.7 Å². The summed E-state index contributed by atoms with van der Waals surface area (Å²) >= 11 is 7.87. The third-order valence-electron chi connectivity index (χ3n) is 3.53. The van der Waals surface area contributed by atoms with Gasteiger partial charge < -0.3 is 10.2 Å². The Morgan fingerprint density at radius 2 is 2.19 bits per heavy atom. The summed E-state index contributed by atoms with van der Waals surface area (Å²) < 4.78 is 0. The van der Waals surface area contributed by atoms with Crippen molar-refractivity contribution < 1.29 is 0 Å². The first kappa shape index (κ1) is 16.5. The molecule has 0 radical (unpaired) electrons. The molecule has 1 heterocycles. The number of rotatable bonds is 8. The molecule has 1 atom stereocenters. The van der Waals surface area contributed by atoms with Gasteiger partial charge in [0.2, 0.25) is 0 Å². The zero-order valence-electron chi connectivity index (χ0n) is 12.7. The lowest BCUT2D eigenvalue weighted by Gasteiger charge is -2.22. The van der Waals surface area contributed by atoms with Gasteiger partial charge in [-0.15, -0.1) is 0 Å². The van der Waals surface area contributed by atoms with Crippen molar-refractivity contribution in [3.63, 3.8) is 0 Å². The summed E-state index contributed by atoms with van der Waals surface area (Å²) in [6.07, 6.45) is 1.08. The lowest BCUT2D eigenvalue weighted by molar-refractivity contribution is 0.302. The van der Waals surface area contributed by atoms with Crippen molar-refractivity contribution in [2.75, 3.05) is 20.1 Å². The number of hydrogen-bond donors (Lipinski definition) is 1. The first-order valence-electron chi connectivity index (χ1n) is 7.37. The van der Waals surface area contributed by atoms with Crippen LogP contribution in [-0.2, 0) is 6.54 Å². The van der Waals surface area contributed by atoms with Crippen LogP contribution in [0.3, 0.4) is 0 Å². The van der Waals surface area contributed by atoms with E-state index in [1.807, 2.05) is 12.1 Å². The summed E-state index contributed by atoms with van der Waals surface area (Å²) in [5.74, 6) is 0. The van der Waals surface area contributed by atoms with E-state index in [1.54, 1.807) is 11.3 Å². The van der Waals surface area contributed by atoms with Crippen LogP contribution in [0.5, 0.6) is 0 Å². The van der Waals surface area contributed by atoms with Crippen LogP contribution < -0.4 is 5.32 Å².